The monoisotopic (exact) mass is 250 g/mol. The Balaban J connectivity index is 2.14. The van der Waals surface area contributed by atoms with Crippen molar-refractivity contribution in [3.05, 3.63) is 35.6 Å². The molecule has 1 fully saturated rings. The van der Waals surface area contributed by atoms with Gasteiger partial charge in [0.05, 0.1) is 0 Å². The van der Waals surface area contributed by atoms with E-state index >= 15 is 0 Å². The highest BCUT2D eigenvalue weighted by molar-refractivity contribution is 5.21. The van der Waals surface area contributed by atoms with Crippen LogP contribution in [-0.2, 0) is 0 Å². The minimum Gasteiger partial charge on any atom is -0.307 e. The van der Waals surface area contributed by atoms with Gasteiger partial charge in [0.2, 0.25) is 0 Å². The molecule has 0 amide bonds. The Labute approximate surface area is 109 Å². The molecule has 0 radical (unpaired) electrons. The van der Waals surface area contributed by atoms with E-state index in [4.69, 9.17) is 0 Å². The van der Waals surface area contributed by atoms with Crippen molar-refractivity contribution in [2.24, 2.45) is 0 Å². The van der Waals surface area contributed by atoms with Crippen molar-refractivity contribution in [1.82, 2.24) is 10.2 Å². The number of benzene rings is 1. The maximum absolute atomic E-state index is 13.0. The number of halogens is 1. The minimum absolute atomic E-state index is 0.166. The predicted octanol–water partition coefficient (Wildman–Crippen LogP) is 2.96. The molecule has 1 aliphatic heterocycles. The first kappa shape index (κ1) is 13.5. The maximum atomic E-state index is 13.0. The molecule has 1 aromatic carbocycles. The Morgan fingerprint density at radius 2 is 1.83 bits per heavy atom. The van der Waals surface area contributed by atoms with Crippen LogP contribution in [0.4, 0.5) is 4.39 Å². The van der Waals surface area contributed by atoms with Crippen molar-refractivity contribution in [3.63, 3.8) is 0 Å². The molecule has 0 bridgehead atoms. The Morgan fingerprint density at radius 3 is 2.39 bits per heavy atom. The highest BCUT2D eigenvalue weighted by Gasteiger charge is 2.32. The fourth-order valence-corrected chi connectivity index (χ4v) is 2.72. The topological polar surface area (TPSA) is 15.3 Å². The third kappa shape index (κ3) is 2.90. The van der Waals surface area contributed by atoms with E-state index in [9.17, 15) is 4.39 Å². The lowest BCUT2D eigenvalue weighted by Gasteiger charge is -2.46. The second-order valence-corrected chi connectivity index (χ2v) is 6.18. The second-order valence-electron chi connectivity index (χ2n) is 6.18. The van der Waals surface area contributed by atoms with E-state index in [1.54, 1.807) is 0 Å². The summed E-state index contributed by atoms with van der Waals surface area (Å²) in [5.41, 5.74) is 1.33. The van der Waals surface area contributed by atoms with Gasteiger partial charge in [0.25, 0.3) is 0 Å². The first-order chi connectivity index (χ1) is 8.38. The summed E-state index contributed by atoms with van der Waals surface area (Å²) in [6.07, 6.45) is 0. The van der Waals surface area contributed by atoms with Crippen molar-refractivity contribution in [2.45, 2.75) is 45.3 Å². The second kappa shape index (κ2) is 4.98. The van der Waals surface area contributed by atoms with Gasteiger partial charge in [0.1, 0.15) is 5.82 Å². The van der Waals surface area contributed by atoms with Crippen LogP contribution in [0.15, 0.2) is 24.3 Å². The van der Waals surface area contributed by atoms with E-state index in [1.165, 1.54) is 12.1 Å². The fourth-order valence-electron chi connectivity index (χ4n) is 2.72. The number of nitrogens with one attached hydrogen (secondary N) is 1. The van der Waals surface area contributed by atoms with E-state index in [-0.39, 0.29) is 11.4 Å². The molecule has 18 heavy (non-hydrogen) atoms. The van der Waals surface area contributed by atoms with Crippen molar-refractivity contribution in [3.8, 4) is 0 Å². The first-order valence-corrected chi connectivity index (χ1v) is 6.63. The Morgan fingerprint density at radius 1 is 1.22 bits per heavy atom. The summed E-state index contributed by atoms with van der Waals surface area (Å²) in [4.78, 5) is 2.51. The molecule has 2 rings (SSSR count). The molecule has 0 saturated carbocycles. The molecule has 1 aliphatic rings. The molecule has 2 atom stereocenters. The molecule has 0 aromatic heterocycles. The highest BCUT2D eigenvalue weighted by Crippen LogP contribution is 2.26. The summed E-state index contributed by atoms with van der Waals surface area (Å²) < 4.78 is 13.0. The minimum atomic E-state index is -0.171. The van der Waals surface area contributed by atoms with Gasteiger partial charge in [-0.3, -0.25) is 4.90 Å². The van der Waals surface area contributed by atoms with Gasteiger partial charge in [0.15, 0.2) is 0 Å². The SMILES string of the molecule is C[C@@H]1CN[C@@H](c2ccc(F)cc2)CN1C(C)(C)C. The molecule has 2 nitrogen and oxygen atoms in total. The fraction of sp³-hybridized carbons (Fsp3) is 0.600. The average Bonchev–Trinajstić information content (AvgIpc) is 2.29. The molecular formula is C15H23FN2. The van der Waals surface area contributed by atoms with Crippen LogP contribution in [0.5, 0.6) is 0 Å². The van der Waals surface area contributed by atoms with E-state index in [0.29, 0.717) is 12.1 Å². The highest BCUT2D eigenvalue weighted by atomic mass is 19.1. The van der Waals surface area contributed by atoms with Crippen LogP contribution < -0.4 is 5.32 Å². The van der Waals surface area contributed by atoms with Gasteiger partial charge in [-0.05, 0) is 45.4 Å². The van der Waals surface area contributed by atoms with Gasteiger partial charge >= 0.3 is 0 Å². The van der Waals surface area contributed by atoms with Crippen molar-refractivity contribution < 1.29 is 4.39 Å². The summed E-state index contributed by atoms with van der Waals surface area (Å²) in [5.74, 6) is -0.171. The zero-order valence-electron chi connectivity index (χ0n) is 11.7. The van der Waals surface area contributed by atoms with Crippen LogP contribution in [0.25, 0.3) is 0 Å². The maximum Gasteiger partial charge on any atom is 0.123 e. The quantitative estimate of drug-likeness (QED) is 0.824. The van der Waals surface area contributed by atoms with Crippen LogP contribution in [-0.4, -0.2) is 29.6 Å². The van der Waals surface area contributed by atoms with Crippen LogP contribution in [0, 0.1) is 5.82 Å². The van der Waals surface area contributed by atoms with Crippen molar-refractivity contribution in [2.75, 3.05) is 13.1 Å². The predicted molar refractivity (Wildman–Crippen MR) is 73.1 cm³/mol. The lowest BCUT2D eigenvalue weighted by Crippen LogP contribution is -2.58. The number of hydrogen-bond acceptors (Lipinski definition) is 2. The van der Waals surface area contributed by atoms with Gasteiger partial charge in [-0.2, -0.15) is 0 Å². The standard InChI is InChI=1S/C15H23FN2/c1-11-9-17-14(10-18(11)15(2,3)4)12-5-7-13(16)8-6-12/h5-8,11,14,17H,9-10H2,1-4H3/t11-,14-/m1/s1. The van der Waals surface area contributed by atoms with Gasteiger partial charge < -0.3 is 5.32 Å². The molecule has 3 heteroatoms. The van der Waals surface area contributed by atoms with E-state index < -0.39 is 0 Å². The normalized spacial score (nSPS) is 26.3. The first-order valence-electron chi connectivity index (χ1n) is 6.63. The van der Waals surface area contributed by atoms with E-state index in [1.807, 2.05) is 12.1 Å². The number of nitrogens with zero attached hydrogens (tertiary/aromatic N) is 1. The third-order valence-corrected chi connectivity index (χ3v) is 3.71. The summed E-state index contributed by atoms with van der Waals surface area (Å²) >= 11 is 0. The lowest BCUT2D eigenvalue weighted by atomic mass is 9.96. The molecule has 1 aromatic rings. The summed E-state index contributed by atoms with van der Waals surface area (Å²) in [5, 5.41) is 3.54. The van der Waals surface area contributed by atoms with Crippen LogP contribution >= 0.6 is 0 Å². The summed E-state index contributed by atoms with van der Waals surface area (Å²) in [6, 6.07) is 7.66. The van der Waals surface area contributed by atoms with Crippen LogP contribution in [0.1, 0.15) is 39.3 Å². The molecule has 0 spiro atoms. The van der Waals surface area contributed by atoms with Crippen LogP contribution in [0.3, 0.4) is 0 Å². The van der Waals surface area contributed by atoms with Crippen molar-refractivity contribution >= 4 is 0 Å². The molecule has 0 unspecified atom stereocenters. The molecule has 1 saturated heterocycles. The number of rotatable bonds is 1. The molecule has 1 N–H and O–H groups in total. The lowest BCUT2D eigenvalue weighted by molar-refractivity contribution is 0.0495. The van der Waals surface area contributed by atoms with Crippen molar-refractivity contribution in [1.29, 1.82) is 0 Å². The number of piperazine rings is 1. The zero-order valence-corrected chi connectivity index (χ0v) is 11.7. The van der Waals surface area contributed by atoms with Gasteiger partial charge in [0, 0.05) is 30.7 Å². The summed E-state index contributed by atoms with van der Waals surface area (Å²) in [7, 11) is 0. The van der Waals surface area contributed by atoms with E-state index in [0.717, 1.165) is 18.7 Å². The molecule has 1 heterocycles. The number of hydrogen-bond donors (Lipinski definition) is 1. The van der Waals surface area contributed by atoms with Gasteiger partial charge in [-0.1, -0.05) is 12.1 Å². The molecule has 0 aliphatic carbocycles. The smallest absolute Gasteiger partial charge is 0.123 e. The average molecular weight is 250 g/mol. The molecular weight excluding hydrogens is 227 g/mol. The largest absolute Gasteiger partial charge is 0.307 e. The van der Waals surface area contributed by atoms with E-state index in [2.05, 4.69) is 37.9 Å². The van der Waals surface area contributed by atoms with Gasteiger partial charge in [-0.15, -0.1) is 0 Å². The van der Waals surface area contributed by atoms with Crippen LogP contribution in [0.2, 0.25) is 0 Å². The van der Waals surface area contributed by atoms with Gasteiger partial charge in [-0.25, -0.2) is 4.39 Å². The Bertz CT molecular complexity index is 394. The summed E-state index contributed by atoms with van der Waals surface area (Å²) in [6.45, 7) is 10.9. The third-order valence-electron chi connectivity index (χ3n) is 3.71. The molecule has 100 valence electrons. The Kier molecular flexibility index (Phi) is 3.74. The zero-order chi connectivity index (χ0) is 13.3. The Hall–Kier alpha value is -0.930.